The lowest BCUT2D eigenvalue weighted by Crippen LogP contribution is -2.46. The molecule has 1 aromatic heterocycles. The van der Waals surface area contributed by atoms with Gasteiger partial charge in [-0.2, -0.15) is 4.68 Å². The van der Waals surface area contributed by atoms with E-state index in [4.69, 9.17) is 16.3 Å². The van der Waals surface area contributed by atoms with Crippen LogP contribution in [0.5, 0.6) is 0 Å². The van der Waals surface area contributed by atoms with Crippen LogP contribution in [-0.2, 0) is 21.3 Å². The minimum atomic E-state index is -3.44. The number of halogens is 1. The number of nitrogens with one attached hydrogen (secondary N) is 1. The lowest BCUT2D eigenvalue weighted by molar-refractivity contribution is 0.130. The van der Waals surface area contributed by atoms with E-state index in [1.807, 2.05) is 6.07 Å². The molecule has 2 unspecified atom stereocenters. The molecule has 12 heteroatoms. The molecular weight excluding hydrogens is 504 g/mol. The van der Waals surface area contributed by atoms with Crippen LogP contribution in [0.2, 0.25) is 5.02 Å². The molecule has 1 aromatic carbocycles. The molecule has 3 fully saturated rings. The Morgan fingerprint density at radius 1 is 1.19 bits per heavy atom. The normalized spacial score (nSPS) is 22.9. The minimum Gasteiger partial charge on any atom is -0.381 e. The number of likely N-dealkylation sites (tertiary alicyclic amines) is 1. The summed E-state index contributed by atoms with van der Waals surface area (Å²) in [6.07, 6.45) is 4.24. The van der Waals surface area contributed by atoms with Gasteiger partial charge in [0.15, 0.2) is 5.82 Å². The molecule has 0 aliphatic carbocycles. The first kappa shape index (κ1) is 25.3. The highest BCUT2D eigenvalue weighted by Gasteiger charge is 2.37. The highest BCUT2D eigenvalue weighted by Crippen LogP contribution is 2.36. The number of hydrogen-bond donors (Lipinski definition) is 1. The first-order chi connectivity index (χ1) is 17.2. The molecule has 0 bridgehead atoms. The SMILES string of the molecule is CN(Cc1ccc(Cl)c(N2CC3COCC3C2)c1)C1CCN(C(=O)n2ccc(NS(C)(=O)=O)n2)CC1. The average molecular weight is 537 g/mol. The fourth-order valence-electron chi connectivity index (χ4n) is 5.52. The van der Waals surface area contributed by atoms with Gasteiger partial charge >= 0.3 is 6.03 Å². The number of benzene rings is 1. The Hall–Kier alpha value is -2.34. The highest BCUT2D eigenvalue weighted by molar-refractivity contribution is 7.92. The van der Waals surface area contributed by atoms with E-state index >= 15 is 0 Å². The van der Waals surface area contributed by atoms with Crippen molar-refractivity contribution in [1.29, 1.82) is 0 Å². The van der Waals surface area contributed by atoms with E-state index in [9.17, 15) is 13.2 Å². The van der Waals surface area contributed by atoms with Crippen molar-refractivity contribution >= 4 is 39.2 Å². The maximum atomic E-state index is 12.8. The molecule has 10 nitrogen and oxygen atoms in total. The highest BCUT2D eigenvalue weighted by atomic mass is 35.5. The number of piperidine rings is 1. The molecule has 36 heavy (non-hydrogen) atoms. The third-order valence-electron chi connectivity index (χ3n) is 7.46. The summed E-state index contributed by atoms with van der Waals surface area (Å²) in [6, 6.07) is 7.91. The number of amides is 1. The zero-order valence-electron chi connectivity index (χ0n) is 20.6. The van der Waals surface area contributed by atoms with Gasteiger partial charge in [-0.05, 0) is 37.6 Å². The van der Waals surface area contributed by atoms with E-state index < -0.39 is 10.0 Å². The summed E-state index contributed by atoms with van der Waals surface area (Å²) in [6.45, 7) is 5.74. The Bertz CT molecular complexity index is 1200. The Kier molecular flexibility index (Phi) is 7.17. The maximum Gasteiger partial charge on any atom is 0.344 e. The van der Waals surface area contributed by atoms with E-state index in [2.05, 4.69) is 38.8 Å². The van der Waals surface area contributed by atoms with Crippen molar-refractivity contribution in [3.63, 3.8) is 0 Å². The van der Waals surface area contributed by atoms with Gasteiger partial charge in [0.05, 0.1) is 30.2 Å². The number of rotatable bonds is 6. The number of fused-ring (bicyclic) bond motifs is 1. The number of carbonyl (C=O) groups is 1. The first-order valence-corrected chi connectivity index (χ1v) is 14.6. The van der Waals surface area contributed by atoms with Crippen molar-refractivity contribution in [2.24, 2.45) is 11.8 Å². The summed E-state index contributed by atoms with van der Waals surface area (Å²) in [4.78, 5) is 19.3. The van der Waals surface area contributed by atoms with Crippen molar-refractivity contribution in [2.45, 2.75) is 25.4 Å². The van der Waals surface area contributed by atoms with Gasteiger partial charge < -0.3 is 14.5 Å². The second-order valence-electron chi connectivity index (χ2n) is 10.2. The monoisotopic (exact) mass is 536 g/mol. The van der Waals surface area contributed by atoms with E-state index in [1.54, 1.807) is 4.90 Å². The number of aromatic nitrogens is 2. The van der Waals surface area contributed by atoms with Crippen LogP contribution in [0.15, 0.2) is 30.5 Å². The van der Waals surface area contributed by atoms with Gasteiger partial charge in [-0.25, -0.2) is 13.2 Å². The molecule has 196 valence electrons. The van der Waals surface area contributed by atoms with Gasteiger partial charge in [-0.15, -0.1) is 5.10 Å². The van der Waals surface area contributed by atoms with Crippen LogP contribution >= 0.6 is 11.6 Å². The summed E-state index contributed by atoms with van der Waals surface area (Å²) in [5.74, 6) is 1.34. The quantitative estimate of drug-likeness (QED) is 0.605. The topological polar surface area (TPSA) is 100 Å². The van der Waals surface area contributed by atoms with Crippen molar-refractivity contribution in [1.82, 2.24) is 19.6 Å². The van der Waals surface area contributed by atoms with Crippen molar-refractivity contribution in [2.75, 3.05) is 62.3 Å². The van der Waals surface area contributed by atoms with Crippen LogP contribution in [0.3, 0.4) is 0 Å². The van der Waals surface area contributed by atoms with Crippen LogP contribution in [-0.4, -0.2) is 92.8 Å². The molecule has 5 rings (SSSR count). The number of hydrogen-bond acceptors (Lipinski definition) is 7. The second-order valence-corrected chi connectivity index (χ2v) is 12.3. The predicted octanol–water partition coefficient (Wildman–Crippen LogP) is 2.56. The number of anilines is 2. The summed E-state index contributed by atoms with van der Waals surface area (Å²) in [5.41, 5.74) is 2.34. The Labute approximate surface area is 217 Å². The largest absolute Gasteiger partial charge is 0.381 e. The smallest absolute Gasteiger partial charge is 0.344 e. The molecule has 3 aliphatic rings. The van der Waals surface area contributed by atoms with Crippen LogP contribution in [0.25, 0.3) is 0 Å². The predicted molar refractivity (Wildman–Crippen MR) is 139 cm³/mol. The van der Waals surface area contributed by atoms with E-state index in [-0.39, 0.29) is 11.8 Å². The Balaban J connectivity index is 1.15. The zero-order valence-corrected chi connectivity index (χ0v) is 22.2. The van der Waals surface area contributed by atoms with E-state index in [1.165, 1.54) is 22.5 Å². The van der Waals surface area contributed by atoms with Crippen LogP contribution in [0.4, 0.5) is 16.3 Å². The fraction of sp³-hybridized carbons (Fsp3) is 0.583. The van der Waals surface area contributed by atoms with Gasteiger partial charge in [0.1, 0.15) is 0 Å². The van der Waals surface area contributed by atoms with Crippen LogP contribution in [0, 0.1) is 11.8 Å². The molecular formula is C24H33ClN6O4S. The van der Waals surface area contributed by atoms with Crippen molar-refractivity contribution in [3.05, 3.63) is 41.0 Å². The van der Waals surface area contributed by atoms with Gasteiger partial charge in [0.25, 0.3) is 0 Å². The van der Waals surface area contributed by atoms with E-state index in [0.29, 0.717) is 31.0 Å². The van der Waals surface area contributed by atoms with Gasteiger partial charge in [-0.1, -0.05) is 17.7 Å². The maximum absolute atomic E-state index is 12.8. The molecule has 3 saturated heterocycles. The number of ether oxygens (including phenoxy) is 1. The number of carbonyl (C=O) groups excluding carboxylic acids is 1. The third kappa shape index (κ3) is 5.64. The number of nitrogens with zero attached hydrogens (tertiary/aromatic N) is 5. The van der Waals surface area contributed by atoms with Gasteiger partial charge in [-0.3, -0.25) is 9.62 Å². The van der Waals surface area contributed by atoms with Crippen LogP contribution < -0.4 is 9.62 Å². The lowest BCUT2D eigenvalue weighted by Gasteiger charge is -2.36. The van der Waals surface area contributed by atoms with Gasteiger partial charge in [0, 0.05) is 62.9 Å². The number of sulfonamides is 1. The molecule has 1 amide bonds. The molecule has 1 N–H and O–H groups in total. The van der Waals surface area contributed by atoms with E-state index in [0.717, 1.165) is 62.7 Å². The lowest BCUT2D eigenvalue weighted by atomic mass is 10.0. The summed E-state index contributed by atoms with van der Waals surface area (Å²) in [5, 5.41) is 4.84. The zero-order chi connectivity index (χ0) is 25.4. The molecule has 4 heterocycles. The van der Waals surface area contributed by atoms with Gasteiger partial charge in [0.2, 0.25) is 10.0 Å². The minimum absolute atomic E-state index is 0.133. The Morgan fingerprint density at radius 2 is 1.89 bits per heavy atom. The molecule has 0 radical (unpaired) electrons. The van der Waals surface area contributed by atoms with Crippen molar-refractivity contribution in [3.8, 4) is 0 Å². The summed E-state index contributed by atoms with van der Waals surface area (Å²) >= 11 is 6.58. The molecule has 3 aliphatic heterocycles. The van der Waals surface area contributed by atoms with Crippen molar-refractivity contribution < 1.29 is 17.9 Å². The second kappa shape index (κ2) is 10.2. The third-order valence-corrected chi connectivity index (χ3v) is 8.36. The molecule has 2 atom stereocenters. The first-order valence-electron chi connectivity index (χ1n) is 12.3. The van der Waals surface area contributed by atoms with Crippen LogP contribution in [0.1, 0.15) is 18.4 Å². The molecule has 0 saturated carbocycles. The average Bonchev–Trinajstić information content (AvgIpc) is 3.56. The molecule has 0 spiro atoms. The standard InChI is InChI=1S/C24H33ClN6O4S/c1-28(12-17-3-4-21(25)22(11-17)30-13-18-15-35-16-19(18)14-30)20-5-8-29(9-6-20)24(32)31-10-7-23(26-31)27-36(2,33)34/h3-4,7,10-11,18-20H,5-6,8-9,12-16H2,1-2H3,(H,26,27). The summed E-state index contributed by atoms with van der Waals surface area (Å²) in [7, 11) is -1.31. The summed E-state index contributed by atoms with van der Waals surface area (Å²) < 4.78 is 31.8. The molecule has 2 aromatic rings. The fourth-order valence-corrected chi connectivity index (χ4v) is 6.24. The Morgan fingerprint density at radius 3 is 2.56 bits per heavy atom.